The van der Waals surface area contributed by atoms with Gasteiger partial charge in [0.1, 0.15) is 12.1 Å². The van der Waals surface area contributed by atoms with E-state index in [1.807, 2.05) is 43.3 Å². The molecule has 0 saturated heterocycles. The van der Waals surface area contributed by atoms with Crippen molar-refractivity contribution in [2.45, 2.75) is 0 Å². The first-order valence-electron chi connectivity index (χ1n) is 6.54. The second-order valence-electron chi connectivity index (χ2n) is 4.91. The Labute approximate surface area is 122 Å². The van der Waals surface area contributed by atoms with Gasteiger partial charge < -0.3 is 16.0 Å². The first-order valence-corrected chi connectivity index (χ1v) is 6.54. The number of anilines is 4. The fourth-order valence-electron chi connectivity index (χ4n) is 2.07. The van der Waals surface area contributed by atoms with Gasteiger partial charge in [-0.3, -0.25) is 4.98 Å². The molecule has 0 aliphatic heterocycles. The lowest BCUT2D eigenvalue weighted by molar-refractivity contribution is 1.13. The summed E-state index contributed by atoms with van der Waals surface area (Å²) in [6, 6.07) is 7.71. The van der Waals surface area contributed by atoms with E-state index < -0.39 is 0 Å². The van der Waals surface area contributed by atoms with Gasteiger partial charge in [0.2, 0.25) is 0 Å². The van der Waals surface area contributed by atoms with Gasteiger partial charge in [0.25, 0.3) is 0 Å². The third kappa shape index (κ3) is 2.55. The van der Waals surface area contributed by atoms with Gasteiger partial charge in [0, 0.05) is 32.2 Å². The largest absolute Gasteiger partial charge is 0.397 e. The summed E-state index contributed by atoms with van der Waals surface area (Å²) in [5.74, 6) is 0.692. The van der Waals surface area contributed by atoms with E-state index in [9.17, 15) is 0 Å². The van der Waals surface area contributed by atoms with Crippen LogP contribution in [0.2, 0.25) is 0 Å². The number of nitrogens with zero attached hydrogens (tertiary/aromatic N) is 4. The molecule has 1 aromatic carbocycles. The van der Waals surface area contributed by atoms with E-state index in [4.69, 9.17) is 5.73 Å². The highest BCUT2D eigenvalue weighted by atomic mass is 15.1. The monoisotopic (exact) mass is 280 g/mol. The standard InChI is InChI=1S/C15H16N6/c1-21(2)10-3-4-14(12(16)7-10)20-15-11-8-17-6-5-13(11)18-9-19-15/h3-9H,16H2,1-2H3,(H,18,19,20). The van der Waals surface area contributed by atoms with Crippen molar-refractivity contribution in [3.63, 3.8) is 0 Å². The minimum Gasteiger partial charge on any atom is -0.397 e. The maximum absolute atomic E-state index is 6.10. The molecule has 6 nitrogen and oxygen atoms in total. The summed E-state index contributed by atoms with van der Waals surface area (Å²) in [5, 5.41) is 4.10. The fourth-order valence-corrected chi connectivity index (χ4v) is 2.07. The summed E-state index contributed by atoms with van der Waals surface area (Å²) in [4.78, 5) is 14.6. The van der Waals surface area contributed by atoms with Crippen molar-refractivity contribution in [2.75, 3.05) is 30.0 Å². The number of rotatable bonds is 3. The zero-order valence-corrected chi connectivity index (χ0v) is 11.9. The van der Waals surface area contributed by atoms with E-state index in [-0.39, 0.29) is 0 Å². The van der Waals surface area contributed by atoms with E-state index >= 15 is 0 Å². The zero-order valence-electron chi connectivity index (χ0n) is 11.9. The van der Waals surface area contributed by atoms with Gasteiger partial charge in [0.05, 0.1) is 22.3 Å². The topological polar surface area (TPSA) is 80.0 Å². The molecule has 0 aliphatic carbocycles. The Kier molecular flexibility index (Phi) is 3.27. The van der Waals surface area contributed by atoms with Gasteiger partial charge in [-0.1, -0.05) is 0 Å². The molecule has 2 heterocycles. The summed E-state index contributed by atoms with van der Waals surface area (Å²) in [7, 11) is 3.96. The molecule has 0 radical (unpaired) electrons. The number of nitrogens with two attached hydrogens (primary N) is 1. The summed E-state index contributed by atoms with van der Waals surface area (Å²) < 4.78 is 0. The van der Waals surface area contributed by atoms with Gasteiger partial charge in [0.15, 0.2) is 0 Å². The molecule has 21 heavy (non-hydrogen) atoms. The van der Waals surface area contributed by atoms with Crippen LogP contribution >= 0.6 is 0 Å². The van der Waals surface area contributed by atoms with Crippen LogP contribution in [0.3, 0.4) is 0 Å². The van der Waals surface area contributed by atoms with Gasteiger partial charge in [-0.15, -0.1) is 0 Å². The van der Waals surface area contributed by atoms with Crippen molar-refractivity contribution >= 4 is 33.8 Å². The lowest BCUT2D eigenvalue weighted by Gasteiger charge is -2.16. The highest BCUT2D eigenvalue weighted by molar-refractivity contribution is 5.91. The van der Waals surface area contributed by atoms with Crippen molar-refractivity contribution in [3.05, 3.63) is 43.0 Å². The zero-order chi connectivity index (χ0) is 14.8. The summed E-state index contributed by atoms with van der Waals surface area (Å²) in [6.45, 7) is 0. The molecule has 0 aliphatic rings. The van der Waals surface area contributed by atoms with E-state index in [0.717, 1.165) is 22.3 Å². The van der Waals surface area contributed by atoms with Crippen LogP contribution in [0.25, 0.3) is 10.9 Å². The molecule has 2 aromatic heterocycles. The predicted molar refractivity (Wildman–Crippen MR) is 85.8 cm³/mol. The predicted octanol–water partition coefficient (Wildman–Crippen LogP) is 2.42. The Morgan fingerprint density at radius 1 is 1.14 bits per heavy atom. The SMILES string of the molecule is CN(C)c1ccc(Nc2ncnc3ccncc23)c(N)c1. The van der Waals surface area contributed by atoms with Crippen molar-refractivity contribution in [2.24, 2.45) is 0 Å². The third-order valence-electron chi connectivity index (χ3n) is 3.24. The minimum absolute atomic E-state index is 0.664. The van der Waals surface area contributed by atoms with E-state index in [0.29, 0.717) is 11.5 Å². The second kappa shape index (κ2) is 5.24. The molecule has 3 N–H and O–H groups in total. The van der Waals surface area contributed by atoms with Crippen LogP contribution in [0.1, 0.15) is 0 Å². The number of hydrogen-bond acceptors (Lipinski definition) is 6. The van der Waals surface area contributed by atoms with Crippen molar-refractivity contribution in [1.29, 1.82) is 0 Å². The molecule has 106 valence electrons. The molecule has 0 unspecified atom stereocenters. The van der Waals surface area contributed by atoms with E-state index in [1.165, 1.54) is 6.33 Å². The number of fused-ring (bicyclic) bond motifs is 1. The van der Waals surface area contributed by atoms with Crippen LogP contribution in [0.5, 0.6) is 0 Å². The maximum Gasteiger partial charge on any atom is 0.143 e. The van der Waals surface area contributed by atoms with Crippen LogP contribution in [-0.2, 0) is 0 Å². The second-order valence-corrected chi connectivity index (χ2v) is 4.91. The van der Waals surface area contributed by atoms with Gasteiger partial charge >= 0.3 is 0 Å². The number of nitrogens with one attached hydrogen (secondary N) is 1. The highest BCUT2D eigenvalue weighted by Gasteiger charge is 2.07. The normalized spacial score (nSPS) is 10.6. The lowest BCUT2D eigenvalue weighted by Crippen LogP contribution is -2.09. The van der Waals surface area contributed by atoms with Crippen LogP contribution in [0.15, 0.2) is 43.0 Å². The van der Waals surface area contributed by atoms with Crippen LogP contribution < -0.4 is 16.0 Å². The Morgan fingerprint density at radius 2 is 2.00 bits per heavy atom. The molecule has 0 amide bonds. The number of nitrogen functional groups attached to an aromatic ring is 1. The van der Waals surface area contributed by atoms with Gasteiger partial charge in [-0.05, 0) is 24.3 Å². The Morgan fingerprint density at radius 3 is 2.76 bits per heavy atom. The Hall–Kier alpha value is -2.89. The summed E-state index contributed by atoms with van der Waals surface area (Å²) >= 11 is 0. The molecule has 0 atom stereocenters. The number of benzene rings is 1. The van der Waals surface area contributed by atoms with Crippen molar-refractivity contribution < 1.29 is 0 Å². The molecule has 3 aromatic rings. The number of aromatic nitrogens is 3. The Bertz CT molecular complexity index is 779. The van der Waals surface area contributed by atoms with Crippen LogP contribution in [0.4, 0.5) is 22.9 Å². The first-order chi connectivity index (χ1) is 10.1. The molecule has 6 heteroatoms. The average molecular weight is 280 g/mol. The molecular formula is C15H16N6. The average Bonchev–Trinajstić information content (AvgIpc) is 2.49. The van der Waals surface area contributed by atoms with Crippen molar-refractivity contribution in [1.82, 2.24) is 15.0 Å². The van der Waals surface area contributed by atoms with E-state index in [2.05, 4.69) is 20.3 Å². The smallest absolute Gasteiger partial charge is 0.143 e. The minimum atomic E-state index is 0.664. The summed E-state index contributed by atoms with van der Waals surface area (Å²) in [6.07, 6.45) is 4.97. The van der Waals surface area contributed by atoms with Crippen molar-refractivity contribution in [3.8, 4) is 0 Å². The molecular weight excluding hydrogens is 264 g/mol. The molecule has 0 saturated carbocycles. The molecule has 3 rings (SSSR count). The number of hydrogen-bond donors (Lipinski definition) is 2. The molecule has 0 fully saturated rings. The first kappa shape index (κ1) is 13.1. The lowest BCUT2D eigenvalue weighted by atomic mass is 10.2. The highest BCUT2D eigenvalue weighted by Crippen LogP contribution is 2.28. The fraction of sp³-hybridized carbons (Fsp3) is 0.133. The van der Waals surface area contributed by atoms with Crippen LogP contribution in [0, 0.1) is 0 Å². The molecule has 0 bridgehead atoms. The van der Waals surface area contributed by atoms with Crippen LogP contribution in [-0.4, -0.2) is 29.0 Å². The Balaban J connectivity index is 1.99. The number of pyridine rings is 1. The van der Waals surface area contributed by atoms with Gasteiger partial charge in [-0.2, -0.15) is 0 Å². The van der Waals surface area contributed by atoms with E-state index in [1.54, 1.807) is 12.4 Å². The third-order valence-corrected chi connectivity index (χ3v) is 3.24. The quantitative estimate of drug-likeness (QED) is 0.717. The maximum atomic E-state index is 6.10. The summed E-state index contributed by atoms with van der Waals surface area (Å²) in [5.41, 5.74) is 9.46. The van der Waals surface area contributed by atoms with Gasteiger partial charge in [-0.25, -0.2) is 9.97 Å². The molecule has 0 spiro atoms.